The van der Waals surface area contributed by atoms with Crippen LogP contribution in [0.4, 0.5) is 0 Å². The van der Waals surface area contributed by atoms with Crippen LogP contribution >= 0.6 is 38.9 Å². The summed E-state index contributed by atoms with van der Waals surface area (Å²) in [6, 6.07) is 9.17. The largest absolute Gasteiger partial charge is 0.478 e. The van der Waals surface area contributed by atoms with Gasteiger partial charge in [0.1, 0.15) is 11.3 Å². The number of hydrogen-bond acceptors (Lipinski definition) is 3. The Hall–Kier alpha value is -1.63. The molecule has 0 saturated heterocycles. The topological polar surface area (TPSA) is 55.1 Å². The van der Waals surface area contributed by atoms with E-state index in [9.17, 15) is 9.90 Å². The van der Waals surface area contributed by atoms with Crippen molar-refractivity contribution < 1.29 is 9.90 Å². The van der Waals surface area contributed by atoms with Gasteiger partial charge in [0, 0.05) is 21.6 Å². The second-order valence-corrected chi connectivity index (χ2v) is 6.72. The normalized spacial score (nSPS) is 10.8. The van der Waals surface area contributed by atoms with E-state index in [-0.39, 0.29) is 5.56 Å². The van der Waals surface area contributed by atoms with Crippen molar-refractivity contribution in [3.8, 4) is 16.9 Å². The van der Waals surface area contributed by atoms with E-state index in [4.69, 9.17) is 11.6 Å². The van der Waals surface area contributed by atoms with E-state index in [2.05, 4.69) is 21.0 Å². The van der Waals surface area contributed by atoms with E-state index in [1.54, 1.807) is 16.1 Å². The molecule has 0 atom stereocenters. The highest BCUT2D eigenvalue weighted by atomic mass is 79.9. The van der Waals surface area contributed by atoms with Crippen LogP contribution in [0, 0.1) is 0 Å². The number of carboxylic acids is 1. The Kier molecular flexibility index (Phi) is 3.84. The lowest BCUT2D eigenvalue weighted by Crippen LogP contribution is -1.96. The van der Waals surface area contributed by atoms with Crippen LogP contribution in [0.5, 0.6) is 0 Å². The van der Waals surface area contributed by atoms with Crippen molar-refractivity contribution in [1.29, 1.82) is 0 Å². The van der Waals surface area contributed by atoms with Gasteiger partial charge in [-0.2, -0.15) is 5.10 Å². The van der Waals surface area contributed by atoms with Crippen molar-refractivity contribution in [3.05, 3.63) is 56.3 Å². The molecule has 4 nitrogen and oxygen atoms in total. The Balaban J connectivity index is 2.12. The number of carboxylic acid groups (broad SMARTS) is 1. The zero-order valence-electron chi connectivity index (χ0n) is 10.5. The predicted molar refractivity (Wildman–Crippen MR) is 86.5 cm³/mol. The molecule has 2 aromatic heterocycles. The third-order valence-corrected chi connectivity index (χ3v) is 4.50. The van der Waals surface area contributed by atoms with E-state index in [0.717, 1.165) is 10.2 Å². The molecule has 106 valence electrons. The smallest absolute Gasteiger partial charge is 0.339 e. The van der Waals surface area contributed by atoms with Crippen molar-refractivity contribution in [2.45, 2.75) is 0 Å². The molecule has 0 spiro atoms. The van der Waals surface area contributed by atoms with Gasteiger partial charge < -0.3 is 5.11 Å². The van der Waals surface area contributed by atoms with E-state index >= 15 is 0 Å². The number of rotatable bonds is 3. The maximum atomic E-state index is 11.4. The monoisotopic (exact) mass is 382 g/mol. The summed E-state index contributed by atoms with van der Waals surface area (Å²) in [5.74, 6) is -1.02. The van der Waals surface area contributed by atoms with Gasteiger partial charge in [0.05, 0.1) is 10.0 Å². The quantitative estimate of drug-likeness (QED) is 0.712. The van der Waals surface area contributed by atoms with Gasteiger partial charge in [-0.25, -0.2) is 9.48 Å². The Bertz CT molecular complexity index is 811. The van der Waals surface area contributed by atoms with Gasteiger partial charge in [-0.1, -0.05) is 27.5 Å². The van der Waals surface area contributed by atoms with Crippen LogP contribution in [0.3, 0.4) is 0 Å². The Morgan fingerprint density at radius 1 is 1.33 bits per heavy atom. The molecule has 0 aliphatic carbocycles. The van der Waals surface area contributed by atoms with Gasteiger partial charge in [-0.3, -0.25) is 0 Å². The van der Waals surface area contributed by atoms with Crippen molar-refractivity contribution in [3.63, 3.8) is 0 Å². The van der Waals surface area contributed by atoms with Crippen LogP contribution in [0.15, 0.2) is 46.4 Å². The molecule has 0 unspecified atom stereocenters. The molecule has 21 heavy (non-hydrogen) atoms. The van der Waals surface area contributed by atoms with Crippen molar-refractivity contribution in [1.82, 2.24) is 9.78 Å². The second-order valence-electron chi connectivity index (χ2n) is 4.26. The van der Waals surface area contributed by atoms with Crippen LogP contribution in [-0.4, -0.2) is 20.9 Å². The number of thiophene rings is 1. The number of benzene rings is 1. The summed E-state index contributed by atoms with van der Waals surface area (Å²) in [6.45, 7) is 0. The average molecular weight is 384 g/mol. The lowest BCUT2D eigenvalue weighted by Gasteiger charge is -2.00. The molecule has 3 rings (SSSR count). The number of nitrogens with zero attached hydrogens (tertiary/aromatic N) is 2. The molecule has 0 radical (unpaired) electrons. The standard InChI is InChI=1S/C14H8BrClN2O2S/c15-9-1-3-10(4-2-9)18-6-11(14(19)20)13(17-18)8-5-12(16)21-7-8/h1-7H,(H,19,20). The van der Waals surface area contributed by atoms with Gasteiger partial charge >= 0.3 is 5.97 Å². The minimum atomic E-state index is -1.02. The summed E-state index contributed by atoms with van der Waals surface area (Å²) in [4.78, 5) is 11.4. The number of aromatic carboxylic acids is 1. The first-order chi connectivity index (χ1) is 10.0. The van der Waals surface area contributed by atoms with Gasteiger partial charge in [-0.05, 0) is 30.3 Å². The van der Waals surface area contributed by atoms with Crippen LogP contribution in [0.25, 0.3) is 16.9 Å². The lowest BCUT2D eigenvalue weighted by molar-refractivity contribution is 0.0697. The van der Waals surface area contributed by atoms with Crippen molar-refractivity contribution >= 4 is 44.8 Å². The minimum absolute atomic E-state index is 0.146. The number of aromatic nitrogens is 2. The van der Waals surface area contributed by atoms with Crippen molar-refractivity contribution in [2.24, 2.45) is 0 Å². The molecule has 1 N–H and O–H groups in total. The zero-order valence-corrected chi connectivity index (χ0v) is 13.6. The third-order valence-electron chi connectivity index (χ3n) is 2.88. The Labute approximate surface area is 137 Å². The van der Waals surface area contributed by atoms with Crippen LogP contribution in [-0.2, 0) is 0 Å². The molecular weight excluding hydrogens is 376 g/mol. The molecular formula is C14H8BrClN2O2S. The fourth-order valence-electron chi connectivity index (χ4n) is 1.90. The Morgan fingerprint density at radius 2 is 2.05 bits per heavy atom. The number of halogens is 2. The molecule has 3 aromatic rings. The molecule has 2 heterocycles. The maximum Gasteiger partial charge on any atom is 0.339 e. The summed E-state index contributed by atoms with van der Waals surface area (Å²) in [6.07, 6.45) is 1.51. The molecule has 0 aliphatic heterocycles. The van der Waals surface area contributed by atoms with Gasteiger partial charge in [-0.15, -0.1) is 11.3 Å². The van der Waals surface area contributed by atoms with Crippen molar-refractivity contribution in [2.75, 3.05) is 0 Å². The molecule has 1 aromatic carbocycles. The Morgan fingerprint density at radius 3 is 2.62 bits per heavy atom. The van der Waals surface area contributed by atoms with E-state index in [1.807, 2.05) is 24.3 Å². The first kappa shape index (κ1) is 14.3. The zero-order chi connectivity index (χ0) is 15.0. The molecule has 0 fully saturated rings. The van der Waals surface area contributed by atoms with Gasteiger partial charge in [0.15, 0.2) is 0 Å². The highest BCUT2D eigenvalue weighted by Gasteiger charge is 2.18. The average Bonchev–Trinajstić information content (AvgIpc) is 3.05. The minimum Gasteiger partial charge on any atom is -0.478 e. The van der Waals surface area contributed by atoms with Crippen LogP contribution in [0.1, 0.15) is 10.4 Å². The molecule has 0 saturated carbocycles. The fraction of sp³-hybridized carbons (Fsp3) is 0. The molecule has 0 amide bonds. The fourth-order valence-corrected chi connectivity index (χ4v) is 3.03. The lowest BCUT2D eigenvalue weighted by atomic mass is 10.1. The number of hydrogen-bond donors (Lipinski definition) is 1. The molecule has 0 aliphatic rings. The molecule has 7 heteroatoms. The summed E-state index contributed by atoms with van der Waals surface area (Å²) >= 11 is 10.6. The summed E-state index contributed by atoms with van der Waals surface area (Å²) in [5.41, 5.74) is 2.05. The van der Waals surface area contributed by atoms with Crippen LogP contribution < -0.4 is 0 Å². The van der Waals surface area contributed by atoms with E-state index < -0.39 is 5.97 Å². The SMILES string of the molecule is O=C(O)c1cn(-c2ccc(Br)cc2)nc1-c1csc(Cl)c1. The highest BCUT2D eigenvalue weighted by Crippen LogP contribution is 2.30. The van der Waals surface area contributed by atoms with Crippen LogP contribution in [0.2, 0.25) is 4.34 Å². The second kappa shape index (κ2) is 5.63. The summed E-state index contributed by atoms with van der Waals surface area (Å²) < 4.78 is 3.10. The number of carbonyl (C=O) groups is 1. The molecule has 0 bridgehead atoms. The predicted octanol–water partition coefficient (Wildman–Crippen LogP) is 4.71. The third kappa shape index (κ3) is 2.88. The van der Waals surface area contributed by atoms with Gasteiger partial charge in [0.25, 0.3) is 0 Å². The first-order valence-electron chi connectivity index (χ1n) is 5.88. The van der Waals surface area contributed by atoms with E-state index in [1.165, 1.54) is 17.5 Å². The highest BCUT2D eigenvalue weighted by molar-refractivity contribution is 9.10. The first-order valence-corrected chi connectivity index (χ1v) is 7.93. The maximum absolute atomic E-state index is 11.4. The van der Waals surface area contributed by atoms with E-state index in [0.29, 0.717) is 15.6 Å². The summed E-state index contributed by atoms with van der Waals surface area (Å²) in [5, 5.41) is 15.5. The van der Waals surface area contributed by atoms with Gasteiger partial charge in [0.2, 0.25) is 0 Å². The summed E-state index contributed by atoms with van der Waals surface area (Å²) in [7, 11) is 0.